The van der Waals surface area contributed by atoms with Crippen LogP contribution in [-0.2, 0) is 0 Å². The molecule has 9 rings (SSSR count). The van der Waals surface area contributed by atoms with Gasteiger partial charge in [0, 0.05) is 28.3 Å². The van der Waals surface area contributed by atoms with Crippen molar-refractivity contribution in [3.05, 3.63) is 146 Å². The normalized spacial score (nSPS) is 11.7. The van der Waals surface area contributed by atoms with Crippen LogP contribution in [0.2, 0.25) is 0 Å². The smallest absolute Gasteiger partial charge is 0.223 e. The number of benzene rings is 5. The minimum Gasteiger partial charge on any atom is -0.294 e. The van der Waals surface area contributed by atoms with Crippen LogP contribution in [0, 0.1) is 0 Å². The van der Waals surface area contributed by atoms with Crippen molar-refractivity contribution in [1.29, 1.82) is 0 Å². The van der Waals surface area contributed by atoms with E-state index in [1.54, 1.807) is 0 Å². The number of hydrogen-bond donors (Lipinski definition) is 0. The molecule has 5 aromatic carbocycles. The fourth-order valence-electron chi connectivity index (χ4n) is 6.19. The summed E-state index contributed by atoms with van der Waals surface area (Å²) in [5.74, 6) is 2.22. The summed E-state index contributed by atoms with van der Waals surface area (Å²) in [6.45, 7) is 0. The maximum absolute atomic E-state index is 5.23. The van der Waals surface area contributed by atoms with Crippen LogP contribution in [0.3, 0.4) is 0 Å². The molecule has 6 heteroatoms. The maximum atomic E-state index is 5.23. The highest BCUT2D eigenvalue weighted by molar-refractivity contribution is 6.10. The first-order valence-electron chi connectivity index (χ1n) is 14.3. The van der Waals surface area contributed by atoms with Crippen molar-refractivity contribution in [3.8, 4) is 34.2 Å². The SMILES string of the molecule is c1ccc(-c2cc(-n3c4c(c5ccccc5n4-c4ccccc4)n4c5ccccc5nc34)nc(-c3ccccc3)n2)cc1. The Bertz CT molecular complexity index is 2380. The largest absolute Gasteiger partial charge is 0.294 e. The summed E-state index contributed by atoms with van der Waals surface area (Å²) in [4.78, 5) is 15.5. The third-order valence-corrected chi connectivity index (χ3v) is 8.06. The zero-order chi connectivity index (χ0) is 28.3. The lowest BCUT2D eigenvalue weighted by molar-refractivity contribution is 0.984. The van der Waals surface area contributed by atoms with Crippen LogP contribution in [-0.4, -0.2) is 28.5 Å². The molecule has 0 aliphatic carbocycles. The van der Waals surface area contributed by atoms with E-state index in [4.69, 9.17) is 15.0 Å². The van der Waals surface area contributed by atoms with Crippen molar-refractivity contribution >= 4 is 38.9 Å². The van der Waals surface area contributed by atoms with E-state index in [9.17, 15) is 0 Å². The first kappa shape index (κ1) is 23.7. The highest BCUT2D eigenvalue weighted by Gasteiger charge is 2.26. The summed E-state index contributed by atoms with van der Waals surface area (Å²) in [6.07, 6.45) is 0. The first-order chi connectivity index (χ1) is 21.3. The molecule has 9 aromatic rings. The lowest BCUT2D eigenvalue weighted by Crippen LogP contribution is -2.06. The van der Waals surface area contributed by atoms with Crippen LogP contribution in [0.5, 0.6) is 0 Å². The second-order valence-corrected chi connectivity index (χ2v) is 10.6. The summed E-state index contributed by atoms with van der Waals surface area (Å²) in [5.41, 5.74) is 9.10. The van der Waals surface area contributed by atoms with Crippen molar-refractivity contribution in [1.82, 2.24) is 28.5 Å². The van der Waals surface area contributed by atoms with Gasteiger partial charge in [0.25, 0.3) is 0 Å². The van der Waals surface area contributed by atoms with E-state index < -0.39 is 0 Å². The first-order valence-corrected chi connectivity index (χ1v) is 14.3. The molecule has 4 heterocycles. The Morgan fingerprint density at radius 2 is 1.12 bits per heavy atom. The van der Waals surface area contributed by atoms with E-state index in [1.165, 1.54) is 0 Å². The lowest BCUT2D eigenvalue weighted by atomic mass is 10.1. The molecule has 0 aliphatic heterocycles. The Hall–Kier alpha value is -6.01. The molecule has 0 atom stereocenters. The average Bonchev–Trinajstić information content (AvgIpc) is 3.72. The molecule has 4 aromatic heterocycles. The van der Waals surface area contributed by atoms with Crippen molar-refractivity contribution in [3.63, 3.8) is 0 Å². The molecule has 0 saturated carbocycles. The van der Waals surface area contributed by atoms with Crippen LogP contribution in [0.1, 0.15) is 0 Å². The molecule has 0 spiro atoms. The van der Waals surface area contributed by atoms with Gasteiger partial charge in [0.15, 0.2) is 11.5 Å². The third-order valence-electron chi connectivity index (χ3n) is 8.06. The van der Waals surface area contributed by atoms with E-state index in [0.29, 0.717) is 5.82 Å². The van der Waals surface area contributed by atoms with E-state index in [0.717, 1.165) is 67.2 Å². The number of imidazole rings is 2. The van der Waals surface area contributed by atoms with Gasteiger partial charge in [0.1, 0.15) is 11.3 Å². The molecule has 0 N–H and O–H groups in total. The Kier molecular flexibility index (Phi) is 5.10. The number of nitrogens with zero attached hydrogens (tertiary/aromatic N) is 6. The average molecular weight is 553 g/mol. The van der Waals surface area contributed by atoms with Gasteiger partial charge in [-0.3, -0.25) is 8.97 Å². The summed E-state index contributed by atoms with van der Waals surface area (Å²) in [5, 5.41) is 1.15. The van der Waals surface area contributed by atoms with Crippen LogP contribution < -0.4 is 0 Å². The van der Waals surface area contributed by atoms with Crippen molar-refractivity contribution in [2.75, 3.05) is 0 Å². The molecule has 0 bridgehead atoms. The molecular weight excluding hydrogens is 528 g/mol. The molecule has 202 valence electrons. The minimum absolute atomic E-state index is 0.662. The number of hydrogen-bond acceptors (Lipinski definition) is 3. The zero-order valence-electron chi connectivity index (χ0n) is 23.0. The molecule has 0 unspecified atom stereocenters. The van der Waals surface area contributed by atoms with Gasteiger partial charge in [0.05, 0.1) is 22.2 Å². The van der Waals surface area contributed by atoms with Gasteiger partial charge >= 0.3 is 0 Å². The second-order valence-electron chi connectivity index (χ2n) is 10.6. The molecule has 0 saturated heterocycles. The minimum atomic E-state index is 0.662. The topological polar surface area (TPSA) is 52.9 Å². The van der Waals surface area contributed by atoms with Crippen molar-refractivity contribution in [2.24, 2.45) is 0 Å². The summed E-state index contributed by atoms with van der Waals surface area (Å²) in [6, 6.07) is 49.9. The van der Waals surface area contributed by atoms with Gasteiger partial charge in [-0.1, -0.05) is 109 Å². The third kappa shape index (κ3) is 3.57. The number of rotatable bonds is 4. The molecule has 0 radical (unpaired) electrons. The quantitative estimate of drug-likeness (QED) is 0.220. The fourth-order valence-corrected chi connectivity index (χ4v) is 6.19. The van der Waals surface area contributed by atoms with Gasteiger partial charge in [0.2, 0.25) is 5.78 Å². The van der Waals surface area contributed by atoms with E-state index >= 15 is 0 Å². The highest BCUT2D eigenvalue weighted by atomic mass is 15.3. The lowest BCUT2D eigenvalue weighted by Gasteiger charge is -2.13. The summed E-state index contributed by atoms with van der Waals surface area (Å²) < 4.78 is 6.79. The predicted molar refractivity (Wildman–Crippen MR) is 173 cm³/mol. The number of aromatic nitrogens is 6. The van der Waals surface area contributed by atoms with E-state index in [2.05, 4.69) is 117 Å². The maximum Gasteiger partial charge on any atom is 0.223 e. The standard InChI is InChI=1S/C37H24N6/c1-4-14-25(15-5-1)30-24-33(40-35(38-30)26-16-6-2-7-17-26)43-36-34(42-32-23-13-11-21-29(32)39-37(42)43)28-20-10-12-22-31(28)41(36)27-18-8-3-9-19-27/h1-24H. The van der Waals surface area contributed by atoms with Gasteiger partial charge in [-0.2, -0.15) is 0 Å². The van der Waals surface area contributed by atoms with Gasteiger partial charge in [-0.15, -0.1) is 0 Å². The van der Waals surface area contributed by atoms with Crippen LogP contribution in [0.4, 0.5) is 0 Å². The molecule has 43 heavy (non-hydrogen) atoms. The fraction of sp³-hybridized carbons (Fsp3) is 0. The second kappa shape index (κ2) is 9.26. The van der Waals surface area contributed by atoms with Gasteiger partial charge < -0.3 is 0 Å². The monoisotopic (exact) mass is 552 g/mol. The van der Waals surface area contributed by atoms with Gasteiger partial charge in [-0.25, -0.2) is 19.5 Å². The van der Waals surface area contributed by atoms with Crippen LogP contribution >= 0.6 is 0 Å². The molecular formula is C37H24N6. The summed E-state index contributed by atoms with van der Waals surface area (Å²) in [7, 11) is 0. The Balaban J connectivity index is 1.49. The Labute approximate surface area is 246 Å². The molecule has 0 fully saturated rings. The van der Waals surface area contributed by atoms with Crippen molar-refractivity contribution < 1.29 is 0 Å². The van der Waals surface area contributed by atoms with E-state index in [-0.39, 0.29) is 0 Å². The van der Waals surface area contributed by atoms with Crippen LogP contribution in [0.15, 0.2) is 146 Å². The Morgan fingerprint density at radius 1 is 0.488 bits per heavy atom. The summed E-state index contributed by atoms with van der Waals surface area (Å²) >= 11 is 0. The predicted octanol–water partition coefficient (Wildman–Crippen LogP) is 8.50. The van der Waals surface area contributed by atoms with Crippen LogP contribution in [0.25, 0.3) is 73.0 Å². The number of fused-ring (bicyclic) bond motifs is 7. The molecule has 0 amide bonds. The van der Waals surface area contributed by atoms with Crippen molar-refractivity contribution in [2.45, 2.75) is 0 Å². The Morgan fingerprint density at radius 3 is 1.88 bits per heavy atom. The highest BCUT2D eigenvalue weighted by Crippen LogP contribution is 2.38. The van der Waals surface area contributed by atoms with Gasteiger partial charge in [-0.05, 0) is 30.3 Å². The molecule has 6 nitrogen and oxygen atoms in total. The van der Waals surface area contributed by atoms with E-state index in [1.807, 2.05) is 42.5 Å². The molecule has 0 aliphatic rings. The number of para-hydroxylation sites is 4. The zero-order valence-corrected chi connectivity index (χ0v) is 23.0.